The summed E-state index contributed by atoms with van der Waals surface area (Å²) >= 11 is 0. The molecule has 1 aliphatic heterocycles. The summed E-state index contributed by atoms with van der Waals surface area (Å²) in [7, 11) is 0. The van der Waals surface area contributed by atoms with Crippen molar-refractivity contribution >= 4 is 0 Å². The molecule has 0 bridgehead atoms. The van der Waals surface area contributed by atoms with E-state index < -0.39 is 0 Å². The highest BCUT2D eigenvalue weighted by Gasteiger charge is 2.27. The predicted molar refractivity (Wildman–Crippen MR) is 70.3 cm³/mol. The minimum absolute atomic E-state index is 0.988. The third-order valence-electron chi connectivity index (χ3n) is 3.41. The van der Waals surface area contributed by atoms with Crippen LogP contribution in [0, 0.1) is 5.92 Å². The zero-order valence-electron chi connectivity index (χ0n) is 11.6. The Hall–Kier alpha value is -0.0400. The van der Waals surface area contributed by atoms with E-state index >= 15 is 0 Å². The normalized spacial score (nSPS) is 23.0. The summed E-state index contributed by atoms with van der Waals surface area (Å²) in [5, 5.41) is 0. The molecule has 1 aliphatic carbocycles. The van der Waals surface area contributed by atoms with Gasteiger partial charge in [0.05, 0.1) is 0 Å². The van der Waals surface area contributed by atoms with Crippen LogP contribution in [0.15, 0.2) is 0 Å². The Morgan fingerprint density at radius 2 is 1.27 bits per heavy atom. The summed E-state index contributed by atoms with van der Waals surface area (Å²) < 4.78 is 0. The van der Waals surface area contributed by atoms with Crippen molar-refractivity contribution in [2.75, 3.05) is 13.1 Å². The second kappa shape index (κ2) is 9.21. The molecule has 92 valence electrons. The van der Waals surface area contributed by atoms with Crippen LogP contribution in [-0.4, -0.2) is 24.0 Å². The van der Waals surface area contributed by atoms with Crippen molar-refractivity contribution in [3.8, 4) is 0 Å². The lowest BCUT2D eigenvalue weighted by Crippen LogP contribution is -2.44. The van der Waals surface area contributed by atoms with Gasteiger partial charge in [-0.15, -0.1) is 0 Å². The van der Waals surface area contributed by atoms with Crippen molar-refractivity contribution in [2.45, 2.75) is 72.8 Å². The standard InChI is InChI=1S/C10H19N.2C2H6/c1-9-5-7-11(8-6-9)10-3-2-4-10;2*1-2/h9-10H,2-8H2,1H3;2*1-2H3. The van der Waals surface area contributed by atoms with Crippen molar-refractivity contribution in [1.29, 1.82) is 0 Å². The van der Waals surface area contributed by atoms with Crippen LogP contribution in [0.3, 0.4) is 0 Å². The van der Waals surface area contributed by atoms with E-state index in [-0.39, 0.29) is 0 Å². The maximum Gasteiger partial charge on any atom is 0.00952 e. The van der Waals surface area contributed by atoms with Gasteiger partial charge in [0.15, 0.2) is 0 Å². The first-order chi connectivity index (χ1) is 7.36. The Balaban J connectivity index is 0.000000442. The minimum Gasteiger partial charge on any atom is -0.300 e. The van der Waals surface area contributed by atoms with E-state index in [0.717, 1.165) is 12.0 Å². The molecular weight excluding hydrogens is 182 g/mol. The molecule has 2 rings (SSSR count). The van der Waals surface area contributed by atoms with E-state index in [2.05, 4.69) is 11.8 Å². The third-order valence-corrected chi connectivity index (χ3v) is 3.41. The first-order valence-corrected chi connectivity index (χ1v) is 7.10. The van der Waals surface area contributed by atoms with Crippen molar-refractivity contribution in [3.63, 3.8) is 0 Å². The maximum absolute atomic E-state index is 2.71. The molecule has 0 spiro atoms. The number of piperidine rings is 1. The molecule has 0 radical (unpaired) electrons. The van der Waals surface area contributed by atoms with Crippen LogP contribution >= 0.6 is 0 Å². The average molecular weight is 213 g/mol. The molecule has 1 nitrogen and oxygen atoms in total. The number of likely N-dealkylation sites (tertiary alicyclic amines) is 1. The molecule has 0 aromatic carbocycles. The Morgan fingerprint density at radius 1 is 0.800 bits per heavy atom. The van der Waals surface area contributed by atoms with Gasteiger partial charge in [0.25, 0.3) is 0 Å². The molecular formula is C14H31N. The topological polar surface area (TPSA) is 3.24 Å². The molecule has 1 heteroatoms. The highest BCUT2D eigenvalue weighted by molar-refractivity contribution is 4.82. The zero-order valence-corrected chi connectivity index (χ0v) is 11.6. The monoisotopic (exact) mass is 213 g/mol. The predicted octanol–water partition coefficient (Wildman–Crippen LogP) is 4.32. The second-order valence-electron chi connectivity index (χ2n) is 4.30. The summed E-state index contributed by atoms with van der Waals surface area (Å²) in [6, 6.07) is 0.988. The molecule has 0 aromatic rings. The average Bonchev–Trinajstić information content (AvgIpc) is 2.25. The Bertz CT molecular complexity index is 121. The van der Waals surface area contributed by atoms with Crippen LogP contribution in [0.5, 0.6) is 0 Å². The highest BCUT2D eigenvalue weighted by atomic mass is 15.2. The molecule has 1 heterocycles. The van der Waals surface area contributed by atoms with Crippen LogP contribution in [-0.2, 0) is 0 Å². The van der Waals surface area contributed by atoms with Gasteiger partial charge in [-0.1, -0.05) is 41.0 Å². The fourth-order valence-electron chi connectivity index (χ4n) is 2.15. The summed E-state index contributed by atoms with van der Waals surface area (Å²) in [6.07, 6.45) is 7.33. The third kappa shape index (κ3) is 5.01. The van der Waals surface area contributed by atoms with E-state index in [9.17, 15) is 0 Å². The molecule has 1 saturated heterocycles. The van der Waals surface area contributed by atoms with Crippen molar-refractivity contribution in [1.82, 2.24) is 4.90 Å². The van der Waals surface area contributed by atoms with Crippen LogP contribution < -0.4 is 0 Å². The first-order valence-electron chi connectivity index (χ1n) is 7.10. The number of nitrogens with zero attached hydrogens (tertiary/aromatic N) is 1. The fourth-order valence-corrected chi connectivity index (χ4v) is 2.15. The number of hydrogen-bond acceptors (Lipinski definition) is 1. The molecule has 15 heavy (non-hydrogen) atoms. The lowest BCUT2D eigenvalue weighted by atomic mass is 9.88. The molecule has 1 saturated carbocycles. The lowest BCUT2D eigenvalue weighted by Gasteiger charge is -2.41. The molecule has 0 unspecified atom stereocenters. The maximum atomic E-state index is 2.71. The van der Waals surface area contributed by atoms with Gasteiger partial charge in [-0.05, 0) is 44.7 Å². The number of hydrogen-bond donors (Lipinski definition) is 0. The minimum atomic E-state index is 0.988. The quantitative estimate of drug-likeness (QED) is 0.627. The van der Waals surface area contributed by atoms with Gasteiger partial charge in [0.2, 0.25) is 0 Å². The molecule has 0 amide bonds. The number of rotatable bonds is 1. The van der Waals surface area contributed by atoms with Gasteiger partial charge in [0.1, 0.15) is 0 Å². The second-order valence-corrected chi connectivity index (χ2v) is 4.30. The lowest BCUT2D eigenvalue weighted by molar-refractivity contribution is 0.0883. The molecule has 2 aliphatic rings. The van der Waals surface area contributed by atoms with Crippen LogP contribution in [0.2, 0.25) is 0 Å². The van der Waals surface area contributed by atoms with Gasteiger partial charge in [-0.3, -0.25) is 0 Å². The van der Waals surface area contributed by atoms with E-state index in [1.165, 1.54) is 45.2 Å². The Morgan fingerprint density at radius 3 is 1.60 bits per heavy atom. The van der Waals surface area contributed by atoms with E-state index in [4.69, 9.17) is 0 Å². The van der Waals surface area contributed by atoms with E-state index in [0.29, 0.717) is 0 Å². The summed E-state index contributed by atoms with van der Waals surface area (Å²) in [4.78, 5) is 2.71. The van der Waals surface area contributed by atoms with Crippen molar-refractivity contribution in [3.05, 3.63) is 0 Å². The summed E-state index contributed by atoms with van der Waals surface area (Å²) in [5.41, 5.74) is 0. The van der Waals surface area contributed by atoms with Gasteiger partial charge < -0.3 is 4.90 Å². The van der Waals surface area contributed by atoms with Gasteiger partial charge in [-0.25, -0.2) is 0 Å². The Labute approximate surface area is 97.2 Å². The zero-order chi connectivity index (χ0) is 11.7. The van der Waals surface area contributed by atoms with E-state index in [1.807, 2.05) is 27.7 Å². The van der Waals surface area contributed by atoms with E-state index in [1.54, 1.807) is 0 Å². The van der Waals surface area contributed by atoms with Crippen LogP contribution in [0.1, 0.15) is 66.7 Å². The molecule has 2 fully saturated rings. The SMILES string of the molecule is CC.CC.CC1CCN(C2CCC2)CC1. The molecule has 0 atom stereocenters. The van der Waals surface area contributed by atoms with Crippen molar-refractivity contribution < 1.29 is 0 Å². The Kier molecular flexibility index (Phi) is 9.18. The summed E-state index contributed by atoms with van der Waals surface area (Å²) in [5.74, 6) is 0.992. The van der Waals surface area contributed by atoms with Gasteiger partial charge in [-0.2, -0.15) is 0 Å². The van der Waals surface area contributed by atoms with Gasteiger partial charge >= 0.3 is 0 Å². The summed E-state index contributed by atoms with van der Waals surface area (Å²) in [6.45, 7) is 13.1. The highest BCUT2D eigenvalue weighted by Crippen LogP contribution is 2.28. The molecule has 0 aromatic heterocycles. The smallest absolute Gasteiger partial charge is 0.00952 e. The molecule has 0 N–H and O–H groups in total. The van der Waals surface area contributed by atoms with Crippen LogP contribution in [0.25, 0.3) is 0 Å². The van der Waals surface area contributed by atoms with Gasteiger partial charge in [0, 0.05) is 6.04 Å². The van der Waals surface area contributed by atoms with Crippen LogP contribution in [0.4, 0.5) is 0 Å². The largest absolute Gasteiger partial charge is 0.300 e. The van der Waals surface area contributed by atoms with Crippen molar-refractivity contribution in [2.24, 2.45) is 5.92 Å². The fraction of sp³-hybridized carbons (Fsp3) is 1.00. The first kappa shape index (κ1) is 15.0.